The van der Waals surface area contributed by atoms with Gasteiger partial charge >= 0.3 is 0 Å². The first-order valence-electron chi connectivity index (χ1n) is 4.91. The van der Waals surface area contributed by atoms with E-state index < -0.39 is 0 Å². The summed E-state index contributed by atoms with van der Waals surface area (Å²) in [7, 11) is 0. The smallest absolute Gasteiger partial charge is 0.209 e. The van der Waals surface area contributed by atoms with Gasteiger partial charge in [-0.25, -0.2) is 4.98 Å². The largest absolute Gasteiger partial charge is 0.508 e. The van der Waals surface area contributed by atoms with E-state index in [0.717, 1.165) is 11.3 Å². The number of nitrogens with zero attached hydrogens (tertiary/aromatic N) is 3. The Balaban J connectivity index is 2.24. The van der Waals surface area contributed by atoms with Crippen molar-refractivity contribution in [1.82, 2.24) is 15.2 Å². The summed E-state index contributed by atoms with van der Waals surface area (Å²) < 4.78 is 0. The number of hydrogen-bond acceptors (Lipinski definition) is 5. The molecule has 2 aromatic rings. The number of hydrogen-bond donors (Lipinski definition) is 1. The topological polar surface area (TPSA) is 58.9 Å². The molecule has 0 unspecified atom stereocenters. The minimum absolute atomic E-state index is 0.239. The van der Waals surface area contributed by atoms with Gasteiger partial charge in [-0.05, 0) is 30.0 Å². The molecule has 16 heavy (non-hydrogen) atoms. The number of aromatic nitrogens is 3. The van der Waals surface area contributed by atoms with Crippen LogP contribution in [0.4, 0.5) is 0 Å². The van der Waals surface area contributed by atoms with Crippen LogP contribution < -0.4 is 0 Å². The molecule has 1 aromatic heterocycles. The zero-order valence-electron chi connectivity index (χ0n) is 8.79. The Morgan fingerprint density at radius 3 is 2.50 bits per heavy atom. The molecule has 0 atom stereocenters. The quantitative estimate of drug-likeness (QED) is 0.825. The van der Waals surface area contributed by atoms with Crippen molar-refractivity contribution >= 4 is 11.8 Å². The molecule has 0 spiro atoms. The molecule has 0 bridgehead atoms. The van der Waals surface area contributed by atoms with E-state index in [0.29, 0.717) is 10.9 Å². The van der Waals surface area contributed by atoms with E-state index in [-0.39, 0.29) is 5.75 Å². The van der Waals surface area contributed by atoms with Gasteiger partial charge in [-0.2, -0.15) is 0 Å². The minimum Gasteiger partial charge on any atom is -0.508 e. The van der Waals surface area contributed by atoms with Crippen LogP contribution in [0.3, 0.4) is 0 Å². The fourth-order valence-corrected chi connectivity index (χ4v) is 1.71. The molecule has 4 nitrogen and oxygen atoms in total. The third-order valence-corrected chi connectivity index (χ3v) is 2.71. The molecule has 0 aliphatic heterocycles. The van der Waals surface area contributed by atoms with Crippen LogP contribution in [-0.4, -0.2) is 26.0 Å². The molecule has 2 rings (SSSR count). The van der Waals surface area contributed by atoms with Gasteiger partial charge in [0.2, 0.25) is 5.16 Å². The SMILES string of the molecule is CCSc1ncc(-c2ccc(O)cc2)nn1. The predicted molar refractivity (Wildman–Crippen MR) is 63.3 cm³/mol. The van der Waals surface area contributed by atoms with Crippen LogP contribution >= 0.6 is 11.8 Å². The Bertz CT molecular complexity index is 456. The van der Waals surface area contributed by atoms with Crippen molar-refractivity contribution < 1.29 is 5.11 Å². The lowest BCUT2D eigenvalue weighted by Crippen LogP contribution is -1.93. The summed E-state index contributed by atoms with van der Waals surface area (Å²) >= 11 is 1.56. The highest BCUT2D eigenvalue weighted by atomic mass is 32.2. The second-order valence-electron chi connectivity index (χ2n) is 3.11. The first kappa shape index (κ1) is 10.9. The van der Waals surface area contributed by atoms with E-state index in [1.807, 2.05) is 6.92 Å². The average molecular weight is 233 g/mol. The van der Waals surface area contributed by atoms with Crippen LogP contribution in [0.5, 0.6) is 5.75 Å². The van der Waals surface area contributed by atoms with Crippen LogP contribution in [0.25, 0.3) is 11.3 Å². The summed E-state index contributed by atoms with van der Waals surface area (Å²) in [6.07, 6.45) is 1.69. The van der Waals surface area contributed by atoms with E-state index in [9.17, 15) is 0 Å². The van der Waals surface area contributed by atoms with Crippen molar-refractivity contribution in [2.45, 2.75) is 12.1 Å². The van der Waals surface area contributed by atoms with E-state index in [1.165, 1.54) is 0 Å². The first-order chi connectivity index (χ1) is 7.79. The number of thioether (sulfide) groups is 1. The molecule has 5 heteroatoms. The lowest BCUT2D eigenvalue weighted by molar-refractivity contribution is 0.475. The second kappa shape index (κ2) is 4.94. The number of phenols is 1. The van der Waals surface area contributed by atoms with Crippen molar-refractivity contribution in [2.75, 3.05) is 5.75 Å². The van der Waals surface area contributed by atoms with Gasteiger partial charge in [0.15, 0.2) is 0 Å². The van der Waals surface area contributed by atoms with Gasteiger partial charge in [-0.3, -0.25) is 0 Å². The Hall–Kier alpha value is -1.62. The normalized spacial score (nSPS) is 10.3. The minimum atomic E-state index is 0.239. The van der Waals surface area contributed by atoms with Gasteiger partial charge < -0.3 is 5.11 Å². The maximum atomic E-state index is 9.16. The summed E-state index contributed by atoms with van der Waals surface area (Å²) in [5.74, 6) is 1.17. The van der Waals surface area contributed by atoms with Crippen LogP contribution in [-0.2, 0) is 0 Å². The molecule has 0 aliphatic rings. The number of phenolic OH excluding ortho intramolecular Hbond substituents is 1. The Labute approximate surface area is 97.8 Å². The zero-order chi connectivity index (χ0) is 11.4. The van der Waals surface area contributed by atoms with Gasteiger partial charge in [0, 0.05) is 5.56 Å². The van der Waals surface area contributed by atoms with Gasteiger partial charge in [0.25, 0.3) is 0 Å². The molecular weight excluding hydrogens is 222 g/mol. The molecule has 0 saturated carbocycles. The molecule has 82 valence electrons. The van der Waals surface area contributed by atoms with Gasteiger partial charge in [0.1, 0.15) is 11.4 Å². The van der Waals surface area contributed by atoms with Crippen LogP contribution in [0, 0.1) is 0 Å². The van der Waals surface area contributed by atoms with E-state index in [4.69, 9.17) is 5.11 Å². The lowest BCUT2D eigenvalue weighted by Gasteiger charge is -2.00. The standard InChI is InChI=1S/C11H11N3OS/c1-2-16-11-12-7-10(13-14-11)8-3-5-9(15)6-4-8/h3-7,15H,2H2,1H3. The summed E-state index contributed by atoms with van der Waals surface area (Å²) in [6.45, 7) is 2.04. The molecule has 1 aromatic carbocycles. The highest BCUT2D eigenvalue weighted by Gasteiger charge is 2.02. The highest BCUT2D eigenvalue weighted by Crippen LogP contribution is 2.19. The highest BCUT2D eigenvalue weighted by molar-refractivity contribution is 7.99. The van der Waals surface area contributed by atoms with Crippen molar-refractivity contribution in [1.29, 1.82) is 0 Å². The molecule has 0 fully saturated rings. The van der Waals surface area contributed by atoms with Crippen LogP contribution in [0.1, 0.15) is 6.92 Å². The Kier molecular flexibility index (Phi) is 3.36. The molecule has 0 amide bonds. The van der Waals surface area contributed by atoms with Gasteiger partial charge in [-0.1, -0.05) is 18.7 Å². The maximum Gasteiger partial charge on any atom is 0.209 e. The third kappa shape index (κ3) is 2.49. The van der Waals surface area contributed by atoms with E-state index >= 15 is 0 Å². The fourth-order valence-electron chi connectivity index (χ4n) is 1.22. The Morgan fingerprint density at radius 1 is 1.19 bits per heavy atom. The zero-order valence-corrected chi connectivity index (χ0v) is 9.61. The average Bonchev–Trinajstić information content (AvgIpc) is 2.32. The monoisotopic (exact) mass is 233 g/mol. The van der Waals surface area contributed by atoms with Crippen LogP contribution in [0.2, 0.25) is 0 Å². The summed E-state index contributed by atoms with van der Waals surface area (Å²) in [4.78, 5) is 4.19. The van der Waals surface area contributed by atoms with Gasteiger partial charge in [0.05, 0.1) is 6.20 Å². The number of benzene rings is 1. The number of aromatic hydroxyl groups is 1. The third-order valence-electron chi connectivity index (χ3n) is 1.98. The fraction of sp³-hybridized carbons (Fsp3) is 0.182. The van der Waals surface area contributed by atoms with Crippen LogP contribution in [0.15, 0.2) is 35.6 Å². The van der Waals surface area contributed by atoms with Crippen molar-refractivity contribution in [3.05, 3.63) is 30.5 Å². The molecule has 1 N–H and O–H groups in total. The molecule has 0 saturated heterocycles. The van der Waals surface area contributed by atoms with E-state index in [2.05, 4.69) is 15.2 Å². The summed E-state index contributed by atoms with van der Waals surface area (Å²) in [5.41, 5.74) is 1.60. The predicted octanol–water partition coefficient (Wildman–Crippen LogP) is 2.36. The lowest BCUT2D eigenvalue weighted by atomic mass is 10.2. The van der Waals surface area contributed by atoms with Crippen molar-refractivity contribution in [2.24, 2.45) is 0 Å². The summed E-state index contributed by atoms with van der Waals surface area (Å²) in [6, 6.07) is 6.80. The summed E-state index contributed by atoms with van der Waals surface area (Å²) in [5, 5.41) is 17.9. The first-order valence-corrected chi connectivity index (χ1v) is 5.90. The Morgan fingerprint density at radius 2 is 1.94 bits per heavy atom. The van der Waals surface area contributed by atoms with E-state index in [1.54, 1.807) is 42.2 Å². The molecule has 1 heterocycles. The molecule has 0 radical (unpaired) electrons. The molecular formula is C11H11N3OS. The second-order valence-corrected chi connectivity index (χ2v) is 4.34. The van der Waals surface area contributed by atoms with Crippen molar-refractivity contribution in [3.8, 4) is 17.0 Å². The maximum absolute atomic E-state index is 9.16. The number of rotatable bonds is 3. The van der Waals surface area contributed by atoms with Gasteiger partial charge in [-0.15, -0.1) is 10.2 Å². The van der Waals surface area contributed by atoms with Crippen molar-refractivity contribution in [3.63, 3.8) is 0 Å². The molecule has 0 aliphatic carbocycles.